The Hall–Kier alpha value is -0.610. The van der Waals surface area contributed by atoms with Crippen LogP contribution in [0, 0.1) is 0 Å². The third-order valence-corrected chi connectivity index (χ3v) is 4.03. The van der Waals surface area contributed by atoms with Crippen LogP contribution in [0.5, 0.6) is 0 Å². The topological polar surface area (TPSA) is 35.5 Å². The minimum Gasteiger partial charge on any atom is -0.393 e. The maximum atomic E-state index is 9.44. The van der Waals surface area contributed by atoms with Crippen molar-refractivity contribution in [3.63, 3.8) is 0 Å². The summed E-state index contributed by atoms with van der Waals surface area (Å²) in [5, 5.41) is 13.7. The highest BCUT2D eigenvalue weighted by atomic mass is 35.5. The summed E-state index contributed by atoms with van der Waals surface area (Å²) in [5.74, 6) is 0. The van der Waals surface area contributed by atoms with E-state index in [-0.39, 0.29) is 6.10 Å². The lowest BCUT2D eigenvalue weighted by Crippen LogP contribution is -2.37. The molecule has 0 saturated carbocycles. The normalized spacial score (nSPS) is 17.8. The summed E-state index contributed by atoms with van der Waals surface area (Å²) in [7, 11) is 0. The van der Waals surface area contributed by atoms with Gasteiger partial charge in [0.1, 0.15) is 0 Å². The minimum atomic E-state index is -0.0744. The number of hydrogen-bond donors (Lipinski definition) is 2. The third kappa shape index (κ3) is 5.11. The second kappa shape index (κ2) is 7.85. The van der Waals surface area contributed by atoms with Crippen molar-refractivity contribution in [1.29, 1.82) is 0 Å². The molecule has 4 heteroatoms. The van der Waals surface area contributed by atoms with Crippen molar-refractivity contribution in [3.05, 3.63) is 34.9 Å². The van der Waals surface area contributed by atoms with E-state index in [1.165, 1.54) is 0 Å². The van der Waals surface area contributed by atoms with Crippen LogP contribution in [0.4, 0.5) is 0 Å². The molecule has 2 N–H and O–H groups in total. The number of aliphatic hydroxyl groups excluding tert-OH is 1. The van der Waals surface area contributed by atoms with E-state index in [0.29, 0.717) is 0 Å². The van der Waals surface area contributed by atoms with Gasteiger partial charge < -0.3 is 15.3 Å². The Kier molecular flexibility index (Phi) is 6.11. The lowest BCUT2D eigenvalue weighted by Gasteiger charge is -2.29. The average Bonchev–Trinajstić information content (AvgIpc) is 2.42. The van der Waals surface area contributed by atoms with Gasteiger partial charge in [-0.05, 0) is 44.0 Å². The molecule has 2 rings (SSSR count). The number of piperidine rings is 1. The monoisotopic (exact) mass is 282 g/mol. The molecule has 1 fully saturated rings. The van der Waals surface area contributed by atoms with Crippen molar-refractivity contribution < 1.29 is 5.11 Å². The number of benzene rings is 1. The van der Waals surface area contributed by atoms with Crippen LogP contribution in [-0.2, 0) is 6.54 Å². The number of rotatable bonds is 6. The lowest BCUT2D eigenvalue weighted by atomic mass is 10.1. The first kappa shape index (κ1) is 14.8. The molecule has 0 unspecified atom stereocenters. The van der Waals surface area contributed by atoms with Crippen LogP contribution >= 0.6 is 11.6 Å². The number of hydrogen-bond acceptors (Lipinski definition) is 3. The fraction of sp³-hybridized carbons (Fsp3) is 0.600. The second-order valence-corrected chi connectivity index (χ2v) is 5.60. The van der Waals surface area contributed by atoms with Crippen molar-refractivity contribution >= 4 is 11.6 Å². The Morgan fingerprint density at radius 1 is 1.26 bits per heavy atom. The second-order valence-electron chi connectivity index (χ2n) is 5.19. The van der Waals surface area contributed by atoms with Gasteiger partial charge in [0.15, 0.2) is 0 Å². The van der Waals surface area contributed by atoms with E-state index in [1.807, 2.05) is 18.2 Å². The van der Waals surface area contributed by atoms with Crippen LogP contribution < -0.4 is 5.32 Å². The number of nitrogens with zero attached hydrogens (tertiary/aromatic N) is 1. The smallest absolute Gasteiger partial charge is 0.0564 e. The lowest BCUT2D eigenvalue weighted by molar-refractivity contribution is 0.0821. The quantitative estimate of drug-likeness (QED) is 0.786. The molecule has 0 aromatic heterocycles. The molecule has 0 spiro atoms. The van der Waals surface area contributed by atoms with Crippen LogP contribution in [0.3, 0.4) is 0 Å². The van der Waals surface area contributed by atoms with Crippen molar-refractivity contribution in [2.45, 2.75) is 31.9 Å². The molecule has 1 saturated heterocycles. The van der Waals surface area contributed by atoms with Crippen LogP contribution in [0.1, 0.15) is 24.8 Å². The van der Waals surface area contributed by atoms with Gasteiger partial charge in [0.2, 0.25) is 0 Å². The van der Waals surface area contributed by atoms with Gasteiger partial charge >= 0.3 is 0 Å². The van der Waals surface area contributed by atoms with E-state index >= 15 is 0 Å². The van der Waals surface area contributed by atoms with Gasteiger partial charge in [-0.15, -0.1) is 0 Å². The largest absolute Gasteiger partial charge is 0.393 e. The molecule has 0 radical (unpaired) electrons. The Morgan fingerprint density at radius 2 is 2.00 bits per heavy atom. The number of halogens is 1. The summed E-state index contributed by atoms with van der Waals surface area (Å²) in [4.78, 5) is 2.43. The van der Waals surface area contributed by atoms with Crippen LogP contribution in [0.15, 0.2) is 24.3 Å². The molecule has 19 heavy (non-hydrogen) atoms. The summed E-state index contributed by atoms with van der Waals surface area (Å²) in [6.45, 7) is 5.02. The van der Waals surface area contributed by atoms with E-state index in [4.69, 9.17) is 11.6 Å². The summed E-state index contributed by atoms with van der Waals surface area (Å²) >= 11 is 6.10. The molecule has 1 aliphatic rings. The highest BCUT2D eigenvalue weighted by Crippen LogP contribution is 2.14. The Balaban J connectivity index is 1.56. The van der Waals surface area contributed by atoms with Crippen molar-refractivity contribution in [1.82, 2.24) is 10.2 Å². The molecular weight excluding hydrogens is 260 g/mol. The molecule has 1 aliphatic heterocycles. The molecule has 0 aliphatic carbocycles. The Labute approximate surface area is 120 Å². The fourth-order valence-electron chi connectivity index (χ4n) is 2.44. The summed E-state index contributed by atoms with van der Waals surface area (Å²) in [5.41, 5.74) is 1.16. The first-order valence-corrected chi connectivity index (χ1v) is 7.48. The van der Waals surface area contributed by atoms with E-state index in [2.05, 4.69) is 16.3 Å². The molecular formula is C15H23ClN2O. The number of aliphatic hydroxyl groups is 1. The zero-order valence-corrected chi connectivity index (χ0v) is 12.1. The zero-order chi connectivity index (χ0) is 13.5. The molecule has 106 valence electrons. The van der Waals surface area contributed by atoms with Gasteiger partial charge in [-0.25, -0.2) is 0 Å². The first-order valence-electron chi connectivity index (χ1n) is 7.10. The van der Waals surface area contributed by atoms with E-state index in [0.717, 1.165) is 62.6 Å². The van der Waals surface area contributed by atoms with Gasteiger partial charge in [-0.1, -0.05) is 29.8 Å². The molecule has 1 heterocycles. The highest BCUT2D eigenvalue weighted by Gasteiger charge is 2.15. The molecule has 1 aromatic carbocycles. The molecule has 1 aromatic rings. The van der Waals surface area contributed by atoms with Crippen molar-refractivity contribution in [2.24, 2.45) is 0 Å². The highest BCUT2D eigenvalue weighted by molar-refractivity contribution is 6.31. The Morgan fingerprint density at radius 3 is 2.74 bits per heavy atom. The SMILES string of the molecule is OC1CCN(CCCNCc2ccccc2Cl)CC1. The number of nitrogens with one attached hydrogen (secondary N) is 1. The van der Waals surface area contributed by atoms with Crippen LogP contribution in [-0.4, -0.2) is 42.3 Å². The van der Waals surface area contributed by atoms with Crippen LogP contribution in [0.25, 0.3) is 0 Å². The predicted octanol–water partition coefficient (Wildman–Crippen LogP) is 2.28. The standard InChI is InChI=1S/C15H23ClN2O/c16-15-5-2-1-4-13(15)12-17-8-3-9-18-10-6-14(19)7-11-18/h1-2,4-5,14,17,19H,3,6-12H2. The number of likely N-dealkylation sites (tertiary alicyclic amines) is 1. The maximum absolute atomic E-state index is 9.44. The van der Waals surface area contributed by atoms with E-state index in [1.54, 1.807) is 0 Å². The van der Waals surface area contributed by atoms with Gasteiger partial charge in [0.25, 0.3) is 0 Å². The molecule has 0 bridgehead atoms. The van der Waals surface area contributed by atoms with E-state index in [9.17, 15) is 5.11 Å². The van der Waals surface area contributed by atoms with Crippen molar-refractivity contribution in [2.75, 3.05) is 26.2 Å². The molecule has 0 amide bonds. The third-order valence-electron chi connectivity index (χ3n) is 3.66. The van der Waals surface area contributed by atoms with Crippen molar-refractivity contribution in [3.8, 4) is 0 Å². The zero-order valence-electron chi connectivity index (χ0n) is 11.3. The van der Waals surface area contributed by atoms with Crippen LogP contribution in [0.2, 0.25) is 5.02 Å². The first-order chi connectivity index (χ1) is 9.25. The molecule has 3 nitrogen and oxygen atoms in total. The summed E-state index contributed by atoms with van der Waals surface area (Å²) < 4.78 is 0. The van der Waals surface area contributed by atoms with Gasteiger partial charge in [0.05, 0.1) is 6.10 Å². The summed E-state index contributed by atoms with van der Waals surface area (Å²) in [6, 6.07) is 7.96. The summed E-state index contributed by atoms with van der Waals surface area (Å²) in [6.07, 6.45) is 2.91. The van der Waals surface area contributed by atoms with Gasteiger partial charge in [-0.2, -0.15) is 0 Å². The average molecular weight is 283 g/mol. The molecule has 0 atom stereocenters. The van der Waals surface area contributed by atoms with Gasteiger partial charge in [-0.3, -0.25) is 0 Å². The maximum Gasteiger partial charge on any atom is 0.0564 e. The fourth-order valence-corrected chi connectivity index (χ4v) is 2.64. The Bertz CT molecular complexity index is 378. The predicted molar refractivity (Wildman–Crippen MR) is 79.5 cm³/mol. The minimum absolute atomic E-state index is 0.0744. The van der Waals surface area contributed by atoms with E-state index < -0.39 is 0 Å². The van der Waals surface area contributed by atoms with Gasteiger partial charge in [0, 0.05) is 24.7 Å².